The number of nitrogens with two attached hydrogens (primary N) is 1. The molecular formula is C23H24N3+. The summed E-state index contributed by atoms with van der Waals surface area (Å²) in [4.78, 5) is 0. The number of rotatable bonds is 6. The Kier molecular flexibility index (Phi) is 4.69. The number of imidazole rings is 1. The Morgan fingerprint density at radius 1 is 0.731 bits per heavy atom. The normalized spacial score (nSPS) is 11.1. The Bertz CT molecular complexity index is 988. The van der Waals surface area contributed by atoms with Crippen LogP contribution >= 0.6 is 0 Å². The second kappa shape index (κ2) is 7.44. The van der Waals surface area contributed by atoms with Crippen molar-refractivity contribution >= 4 is 17.0 Å². The van der Waals surface area contributed by atoms with Gasteiger partial charge in [0.05, 0.1) is 13.1 Å². The first kappa shape index (κ1) is 16.4. The number of benzene rings is 3. The van der Waals surface area contributed by atoms with Crippen LogP contribution in [0, 0.1) is 0 Å². The number of anilines is 1. The van der Waals surface area contributed by atoms with Crippen molar-refractivity contribution in [2.24, 2.45) is 0 Å². The highest BCUT2D eigenvalue weighted by Crippen LogP contribution is 2.18. The Balaban J connectivity index is 1.61. The number of nitrogens with zero attached hydrogens (tertiary/aromatic N) is 2. The first-order valence-corrected chi connectivity index (χ1v) is 9.17. The van der Waals surface area contributed by atoms with Gasteiger partial charge in [-0.1, -0.05) is 72.8 Å². The van der Waals surface area contributed by atoms with Crippen molar-refractivity contribution in [3.05, 3.63) is 96.1 Å². The van der Waals surface area contributed by atoms with E-state index in [1.165, 1.54) is 22.2 Å². The molecule has 0 aliphatic carbocycles. The molecule has 1 heterocycles. The third-order valence-electron chi connectivity index (χ3n) is 4.89. The molecule has 3 aromatic carbocycles. The number of hydrogen-bond donors (Lipinski definition) is 1. The monoisotopic (exact) mass is 342 g/mol. The van der Waals surface area contributed by atoms with Gasteiger partial charge in [0.2, 0.25) is 0 Å². The van der Waals surface area contributed by atoms with Crippen molar-refractivity contribution in [2.75, 3.05) is 5.73 Å². The van der Waals surface area contributed by atoms with Crippen molar-refractivity contribution in [3.8, 4) is 0 Å². The molecule has 4 rings (SSSR count). The lowest BCUT2D eigenvalue weighted by molar-refractivity contribution is -0.648. The molecule has 0 amide bonds. The van der Waals surface area contributed by atoms with Gasteiger partial charge in [-0.25, -0.2) is 9.13 Å². The first-order chi connectivity index (χ1) is 12.8. The van der Waals surface area contributed by atoms with Gasteiger partial charge in [0.1, 0.15) is 11.0 Å². The van der Waals surface area contributed by atoms with Gasteiger partial charge in [0.25, 0.3) is 0 Å². The van der Waals surface area contributed by atoms with Gasteiger partial charge in [0.15, 0.2) is 0 Å². The van der Waals surface area contributed by atoms with E-state index in [-0.39, 0.29) is 0 Å². The maximum Gasteiger partial charge on any atom is 0.356 e. The van der Waals surface area contributed by atoms with Crippen molar-refractivity contribution in [2.45, 2.75) is 25.9 Å². The molecule has 4 aromatic rings. The zero-order valence-electron chi connectivity index (χ0n) is 14.9. The molecule has 0 aliphatic rings. The van der Waals surface area contributed by atoms with E-state index in [1.54, 1.807) is 0 Å². The number of aromatic nitrogens is 2. The lowest BCUT2D eigenvalue weighted by Crippen LogP contribution is -2.37. The molecule has 3 heteroatoms. The predicted octanol–water partition coefficient (Wildman–Crippen LogP) is 4.19. The summed E-state index contributed by atoms with van der Waals surface area (Å²) in [5.41, 5.74) is 11.6. The standard InChI is InChI=1S/C23H23N3/c24-23-25(17-9-14-19-10-3-1-4-11-19)21-15-7-8-16-22(21)26(23)18-20-12-5-2-6-13-20/h1-8,10-13,15-16,24H,9,14,17-18H2/p+1. The zero-order chi connectivity index (χ0) is 17.8. The maximum atomic E-state index is 6.57. The van der Waals surface area contributed by atoms with E-state index in [4.69, 9.17) is 5.73 Å². The lowest BCUT2D eigenvalue weighted by Gasteiger charge is -2.04. The average molecular weight is 342 g/mol. The minimum absolute atomic E-state index is 0.791. The van der Waals surface area contributed by atoms with E-state index >= 15 is 0 Å². The van der Waals surface area contributed by atoms with Gasteiger partial charge in [0, 0.05) is 0 Å². The van der Waals surface area contributed by atoms with E-state index < -0.39 is 0 Å². The van der Waals surface area contributed by atoms with Gasteiger partial charge >= 0.3 is 5.95 Å². The highest BCUT2D eigenvalue weighted by atomic mass is 15.2. The number of aryl methyl sites for hydroxylation is 2. The minimum atomic E-state index is 0.791. The molecule has 26 heavy (non-hydrogen) atoms. The summed E-state index contributed by atoms with van der Waals surface area (Å²) in [7, 11) is 0. The predicted molar refractivity (Wildman–Crippen MR) is 107 cm³/mol. The van der Waals surface area contributed by atoms with E-state index in [0.29, 0.717) is 0 Å². The molecule has 0 fully saturated rings. The van der Waals surface area contributed by atoms with Crippen LogP contribution < -0.4 is 10.3 Å². The van der Waals surface area contributed by atoms with E-state index in [2.05, 4.69) is 88.0 Å². The fourth-order valence-corrected chi connectivity index (χ4v) is 3.57. The van der Waals surface area contributed by atoms with Crippen LogP contribution in [0.1, 0.15) is 17.5 Å². The second-order valence-electron chi connectivity index (χ2n) is 6.66. The van der Waals surface area contributed by atoms with Gasteiger partial charge in [-0.3, -0.25) is 5.73 Å². The van der Waals surface area contributed by atoms with Gasteiger partial charge in [-0.05, 0) is 36.1 Å². The molecule has 130 valence electrons. The van der Waals surface area contributed by atoms with E-state index in [9.17, 15) is 0 Å². The van der Waals surface area contributed by atoms with E-state index in [1.807, 2.05) is 6.07 Å². The summed E-state index contributed by atoms with van der Waals surface area (Å²) in [6.07, 6.45) is 2.13. The van der Waals surface area contributed by atoms with Crippen LogP contribution in [0.15, 0.2) is 84.9 Å². The van der Waals surface area contributed by atoms with Crippen molar-refractivity contribution in [3.63, 3.8) is 0 Å². The summed E-state index contributed by atoms with van der Waals surface area (Å²) in [6.45, 7) is 1.71. The fourth-order valence-electron chi connectivity index (χ4n) is 3.57. The highest BCUT2D eigenvalue weighted by molar-refractivity contribution is 5.73. The molecule has 3 nitrogen and oxygen atoms in total. The number of nitrogen functional groups attached to an aromatic ring is 1. The summed E-state index contributed by atoms with van der Waals surface area (Å²) < 4.78 is 4.47. The third-order valence-corrected chi connectivity index (χ3v) is 4.89. The van der Waals surface area contributed by atoms with Gasteiger partial charge in [-0.15, -0.1) is 0 Å². The molecular weight excluding hydrogens is 318 g/mol. The molecule has 0 aliphatic heterocycles. The summed E-state index contributed by atoms with van der Waals surface area (Å²) in [5.74, 6) is 0.822. The van der Waals surface area contributed by atoms with Gasteiger partial charge in [-0.2, -0.15) is 0 Å². The molecule has 1 aromatic heterocycles. The highest BCUT2D eigenvalue weighted by Gasteiger charge is 2.20. The molecule has 0 saturated heterocycles. The first-order valence-electron chi connectivity index (χ1n) is 9.17. The van der Waals surface area contributed by atoms with Crippen LogP contribution in [0.4, 0.5) is 5.95 Å². The lowest BCUT2D eigenvalue weighted by atomic mass is 10.1. The summed E-state index contributed by atoms with van der Waals surface area (Å²) in [5, 5.41) is 0. The van der Waals surface area contributed by atoms with Crippen LogP contribution in [0.2, 0.25) is 0 Å². The van der Waals surface area contributed by atoms with Crippen LogP contribution in [-0.4, -0.2) is 4.57 Å². The average Bonchev–Trinajstić information content (AvgIpc) is 2.96. The Labute approximate surface area is 154 Å². The van der Waals surface area contributed by atoms with Crippen LogP contribution in [0.3, 0.4) is 0 Å². The topological polar surface area (TPSA) is 34.8 Å². The van der Waals surface area contributed by atoms with Crippen LogP contribution in [0.25, 0.3) is 11.0 Å². The number of fused-ring (bicyclic) bond motifs is 1. The van der Waals surface area contributed by atoms with Crippen molar-refractivity contribution in [1.29, 1.82) is 0 Å². The molecule has 0 unspecified atom stereocenters. The van der Waals surface area contributed by atoms with Gasteiger partial charge < -0.3 is 0 Å². The number of para-hydroxylation sites is 2. The quantitative estimate of drug-likeness (QED) is 0.524. The Hall–Kier alpha value is -3.07. The van der Waals surface area contributed by atoms with Crippen LogP contribution in [0.5, 0.6) is 0 Å². The van der Waals surface area contributed by atoms with Crippen LogP contribution in [-0.2, 0) is 19.5 Å². The smallest absolute Gasteiger partial charge is 0.290 e. The molecule has 2 N–H and O–H groups in total. The Morgan fingerprint density at radius 3 is 2.08 bits per heavy atom. The zero-order valence-corrected chi connectivity index (χ0v) is 14.9. The SMILES string of the molecule is Nc1n(CCCc2ccccc2)c2ccccc2[n+]1Cc1ccccc1. The molecule has 0 bridgehead atoms. The molecule has 0 radical (unpaired) electrons. The number of hydrogen-bond acceptors (Lipinski definition) is 1. The largest absolute Gasteiger partial charge is 0.356 e. The molecule has 0 atom stereocenters. The van der Waals surface area contributed by atoms with Crippen molar-refractivity contribution < 1.29 is 4.57 Å². The van der Waals surface area contributed by atoms with Crippen molar-refractivity contribution in [1.82, 2.24) is 4.57 Å². The fraction of sp³-hybridized carbons (Fsp3) is 0.174. The molecule has 0 spiro atoms. The third kappa shape index (κ3) is 3.33. The van der Waals surface area contributed by atoms with E-state index in [0.717, 1.165) is 31.9 Å². The summed E-state index contributed by atoms with van der Waals surface area (Å²) >= 11 is 0. The second-order valence-corrected chi connectivity index (χ2v) is 6.66. The molecule has 0 saturated carbocycles. The maximum absolute atomic E-state index is 6.57. The summed E-state index contributed by atoms with van der Waals surface area (Å²) in [6, 6.07) is 29.6. The minimum Gasteiger partial charge on any atom is -0.290 e. The Morgan fingerprint density at radius 2 is 1.35 bits per heavy atom.